The molecule has 162 valence electrons. The topological polar surface area (TPSA) is 51.7 Å². The van der Waals surface area contributed by atoms with Gasteiger partial charge in [0.25, 0.3) is 5.91 Å². The average molecular weight is 437 g/mol. The summed E-state index contributed by atoms with van der Waals surface area (Å²) in [6, 6.07) is 17.8. The Kier molecular flexibility index (Phi) is 7.33. The number of rotatable bonds is 9. The Hall–Kier alpha value is -2.70. The van der Waals surface area contributed by atoms with Crippen LogP contribution in [-0.2, 0) is 17.7 Å². The summed E-state index contributed by atoms with van der Waals surface area (Å²) >= 11 is 1.55. The molecule has 1 fully saturated rings. The molecule has 0 spiro atoms. The van der Waals surface area contributed by atoms with E-state index in [1.807, 2.05) is 66.4 Å². The van der Waals surface area contributed by atoms with Gasteiger partial charge in [0.1, 0.15) is 5.75 Å². The predicted molar refractivity (Wildman–Crippen MR) is 123 cm³/mol. The molecule has 3 aromatic rings. The van der Waals surface area contributed by atoms with Crippen molar-refractivity contribution in [3.63, 3.8) is 0 Å². The van der Waals surface area contributed by atoms with Crippen LogP contribution in [0.1, 0.15) is 38.6 Å². The van der Waals surface area contributed by atoms with Crippen LogP contribution in [0.15, 0.2) is 60.8 Å². The Morgan fingerprint density at radius 2 is 2.06 bits per heavy atom. The van der Waals surface area contributed by atoms with Crippen LogP contribution in [0.4, 0.5) is 0 Å². The zero-order valence-electron chi connectivity index (χ0n) is 17.8. The van der Waals surface area contributed by atoms with Gasteiger partial charge in [0.15, 0.2) is 0 Å². The number of ether oxygens (including phenoxy) is 2. The van der Waals surface area contributed by atoms with Crippen LogP contribution >= 0.6 is 11.3 Å². The Morgan fingerprint density at radius 1 is 1.19 bits per heavy atom. The van der Waals surface area contributed by atoms with Gasteiger partial charge < -0.3 is 14.4 Å². The fraction of sp³-hybridized carbons (Fsp3) is 0.360. The molecule has 0 radical (unpaired) electrons. The van der Waals surface area contributed by atoms with Crippen molar-refractivity contribution in [1.29, 1.82) is 0 Å². The number of carbonyl (C=O) groups excluding carboxylic acids is 1. The summed E-state index contributed by atoms with van der Waals surface area (Å²) in [6.07, 6.45) is 4.77. The number of hydrogen-bond acceptors (Lipinski definition) is 5. The molecule has 0 saturated carbocycles. The molecule has 31 heavy (non-hydrogen) atoms. The lowest BCUT2D eigenvalue weighted by Crippen LogP contribution is -2.36. The van der Waals surface area contributed by atoms with Crippen molar-refractivity contribution in [3.05, 3.63) is 81.8 Å². The number of carbonyl (C=O) groups is 1. The van der Waals surface area contributed by atoms with Gasteiger partial charge in [0.05, 0.1) is 17.6 Å². The molecule has 4 rings (SSSR count). The van der Waals surface area contributed by atoms with Crippen LogP contribution in [0.25, 0.3) is 0 Å². The van der Waals surface area contributed by atoms with E-state index < -0.39 is 0 Å². The second kappa shape index (κ2) is 10.6. The fourth-order valence-corrected chi connectivity index (χ4v) is 4.53. The maximum absolute atomic E-state index is 13.1. The molecule has 3 heterocycles. The Bertz CT molecular complexity index is 966. The number of pyridine rings is 1. The van der Waals surface area contributed by atoms with Crippen LogP contribution in [-0.4, -0.2) is 41.7 Å². The summed E-state index contributed by atoms with van der Waals surface area (Å²) in [5.41, 5.74) is 2.10. The first-order valence-electron chi connectivity index (χ1n) is 10.8. The van der Waals surface area contributed by atoms with Gasteiger partial charge in [-0.25, -0.2) is 0 Å². The van der Waals surface area contributed by atoms with Gasteiger partial charge in [-0.05, 0) is 61.7 Å². The summed E-state index contributed by atoms with van der Waals surface area (Å²) in [4.78, 5) is 21.3. The molecule has 1 aliphatic heterocycles. The highest BCUT2D eigenvalue weighted by Gasteiger charge is 2.24. The smallest absolute Gasteiger partial charge is 0.264 e. The molecule has 0 aliphatic carbocycles. The molecule has 2 aromatic heterocycles. The molecule has 5 nitrogen and oxygen atoms in total. The number of aryl methyl sites for hydroxylation is 1. The van der Waals surface area contributed by atoms with Crippen molar-refractivity contribution in [2.24, 2.45) is 0 Å². The molecule has 0 N–H and O–H groups in total. The maximum atomic E-state index is 13.1. The van der Waals surface area contributed by atoms with E-state index in [2.05, 4.69) is 4.98 Å². The average Bonchev–Trinajstić information content (AvgIpc) is 3.46. The van der Waals surface area contributed by atoms with E-state index >= 15 is 0 Å². The van der Waals surface area contributed by atoms with Crippen molar-refractivity contribution in [1.82, 2.24) is 9.88 Å². The first-order valence-corrected chi connectivity index (χ1v) is 11.6. The van der Waals surface area contributed by atoms with E-state index in [4.69, 9.17) is 9.47 Å². The number of nitrogens with zero attached hydrogens (tertiary/aromatic N) is 2. The minimum absolute atomic E-state index is 0.0734. The maximum Gasteiger partial charge on any atom is 0.264 e. The molecular formula is C25H28N2O3S. The van der Waals surface area contributed by atoms with Gasteiger partial charge in [0.2, 0.25) is 0 Å². The van der Waals surface area contributed by atoms with Gasteiger partial charge >= 0.3 is 0 Å². The number of aromatic nitrogens is 1. The van der Waals surface area contributed by atoms with Gasteiger partial charge in [0, 0.05) is 42.9 Å². The first kappa shape index (κ1) is 21.5. The molecular weight excluding hydrogens is 408 g/mol. The highest BCUT2D eigenvalue weighted by atomic mass is 32.1. The second-order valence-electron chi connectivity index (χ2n) is 7.79. The zero-order chi connectivity index (χ0) is 21.5. The standard InChI is InChI=1S/C25H28N2O3S/c1-19-7-12-24(31-19)25(28)27(18-23-6-4-15-29-23)17-20-8-10-22(11-9-20)30-16-13-21-5-2-3-14-26-21/h2-3,5,7-12,14,23H,4,6,13,15-18H2,1H3. The SMILES string of the molecule is Cc1ccc(C(=O)N(Cc2ccc(OCCc3ccccn3)cc2)CC2CCCO2)s1. The minimum atomic E-state index is 0.0734. The van der Waals surface area contributed by atoms with Crippen LogP contribution in [0.5, 0.6) is 5.75 Å². The molecule has 1 saturated heterocycles. The summed E-state index contributed by atoms with van der Waals surface area (Å²) < 4.78 is 11.7. The molecule has 1 atom stereocenters. The lowest BCUT2D eigenvalue weighted by molar-refractivity contribution is 0.0511. The number of benzene rings is 1. The van der Waals surface area contributed by atoms with Gasteiger partial charge in [-0.1, -0.05) is 18.2 Å². The second-order valence-corrected chi connectivity index (χ2v) is 9.08. The Balaban J connectivity index is 1.37. The van der Waals surface area contributed by atoms with Crippen LogP contribution in [0.3, 0.4) is 0 Å². The van der Waals surface area contributed by atoms with Crippen molar-refractivity contribution < 1.29 is 14.3 Å². The normalized spacial score (nSPS) is 15.7. The van der Waals surface area contributed by atoms with E-state index in [0.717, 1.165) is 52.6 Å². The summed E-state index contributed by atoms with van der Waals surface area (Å²) in [6.45, 7) is 4.58. The highest BCUT2D eigenvalue weighted by molar-refractivity contribution is 7.13. The third-order valence-corrected chi connectivity index (χ3v) is 6.32. The number of hydrogen-bond donors (Lipinski definition) is 0. The zero-order valence-corrected chi connectivity index (χ0v) is 18.6. The van der Waals surface area contributed by atoms with Gasteiger partial charge in [-0.2, -0.15) is 0 Å². The molecule has 1 aliphatic rings. The summed E-state index contributed by atoms with van der Waals surface area (Å²) in [5, 5.41) is 0. The first-order chi connectivity index (χ1) is 15.2. The summed E-state index contributed by atoms with van der Waals surface area (Å²) in [5.74, 6) is 0.898. The predicted octanol–water partition coefficient (Wildman–Crippen LogP) is 4.89. The highest BCUT2D eigenvalue weighted by Crippen LogP contribution is 2.22. The van der Waals surface area contributed by atoms with Crippen LogP contribution in [0.2, 0.25) is 0 Å². The minimum Gasteiger partial charge on any atom is -0.493 e. The van der Waals surface area contributed by atoms with Crippen molar-refractivity contribution >= 4 is 17.2 Å². The van der Waals surface area contributed by atoms with E-state index in [1.54, 1.807) is 17.5 Å². The molecule has 1 amide bonds. The van der Waals surface area contributed by atoms with E-state index in [-0.39, 0.29) is 12.0 Å². The largest absolute Gasteiger partial charge is 0.493 e. The lowest BCUT2D eigenvalue weighted by atomic mass is 10.1. The van der Waals surface area contributed by atoms with E-state index in [9.17, 15) is 4.79 Å². The third kappa shape index (κ3) is 6.15. The fourth-order valence-electron chi connectivity index (χ4n) is 3.69. The molecule has 1 aromatic carbocycles. The Labute approximate surface area is 187 Å². The molecule has 6 heteroatoms. The molecule has 1 unspecified atom stereocenters. The van der Waals surface area contributed by atoms with Gasteiger partial charge in [-0.3, -0.25) is 9.78 Å². The van der Waals surface area contributed by atoms with E-state index in [0.29, 0.717) is 19.7 Å². The monoisotopic (exact) mass is 436 g/mol. The Morgan fingerprint density at radius 3 is 2.74 bits per heavy atom. The van der Waals surface area contributed by atoms with Crippen molar-refractivity contribution in [2.75, 3.05) is 19.8 Å². The molecule has 0 bridgehead atoms. The lowest BCUT2D eigenvalue weighted by Gasteiger charge is -2.25. The third-order valence-electron chi connectivity index (χ3n) is 5.34. The summed E-state index contributed by atoms with van der Waals surface area (Å²) in [7, 11) is 0. The van der Waals surface area contributed by atoms with E-state index in [1.165, 1.54) is 0 Å². The number of thiophene rings is 1. The van der Waals surface area contributed by atoms with Gasteiger partial charge in [-0.15, -0.1) is 11.3 Å². The van der Waals surface area contributed by atoms with Crippen molar-refractivity contribution in [3.8, 4) is 5.75 Å². The van der Waals surface area contributed by atoms with Crippen LogP contribution in [0, 0.1) is 6.92 Å². The van der Waals surface area contributed by atoms with Crippen LogP contribution < -0.4 is 4.74 Å². The quantitative estimate of drug-likeness (QED) is 0.479. The number of amides is 1. The van der Waals surface area contributed by atoms with Crippen molar-refractivity contribution in [2.45, 2.75) is 38.8 Å².